The van der Waals surface area contributed by atoms with Crippen molar-refractivity contribution < 1.29 is 34.1 Å². The maximum atomic E-state index is 12.1. The largest absolute Gasteiger partial charge is 0.462 e. The quantitative estimate of drug-likeness (QED) is 0.211. The van der Waals surface area contributed by atoms with E-state index in [0.717, 1.165) is 25.7 Å². The molecule has 1 aliphatic rings. The Balaban J connectivity index is 2.28. The first-order chi connectivity index (χ1) is 15.4. The summed E-state index contributed by atoms with van der Waals surface area (Å²) < 4.78 is 9.81. The first-order valence-electron chi connectivity index (χ1n) is 11.5. The van der Waals surface area contributed by atoms with E-state index in [1.165, 1.54) is 6.92 Å². The number of hydrogen-bond donors (Lipinski definition) is 2. The Hall–Kier alpha value is -2.25. The van der Waals surface area contributed by atoms with Crippen LogP contribution >= 0.6 is 0 Å². The van der Waals surface area contributed by atoms with E-state index < -0.39 is 30.8 Å². The molecule has 0 fully saturated rings. The number of ketones is 1. The van der Waals surface area contributed by atoms with Crippen LogP contribution in [0.2, 0.25) is 0 Å². The van der Waals surface area contributed by atoms with Crippen LogP contribution in [0.3, 0.4) is 0 Å². The summed E-state index contributed by atoms with van der Waals surface area (Å²) in [4.78, 5) is 34.7. The summed E-state index contributed by atoms with van der Waals surface area (Å²) in [5, 5.41) is 19.1. The number of unbranched alkanes of at least 4 members (excludes halogenated alkanes) is 3. The molecular weight excluding hydrogens is 412 g/mol. The highest BCUT2D eigenvalue weighted by atomic mass is 16.6. The molecule has 0 heterocycles. The van der Waals surface area contributed by atoms with E-state index in [2.05, 4.69) is 6.92 Å². The molecule has 180 valence electrons. The van der Waals surface area contributed by atoms with E-state index in [1.807, 2.05) is 24.3 Å². The van der Waals surface area contributed by atoms with Crippen LogP contribution in [0, 0.1) is 11.8 Å². The molecule has 0 aromatic carbocycles. The summed E-state index contributed by atoms with van der Waals surface area (Å²) in [6.07, 6.45) is 15.9. The average molecular weight is 451 g/mol. The number of carbonyl (C=O) groups is 3. The zero-order valence-corrected chi connectivity index (χ0v) is 19.3. The van der Waals surface area contributed by atoms with Gasteiger partial charge in [0.05, 0.1) is 12.7 Å². The molecule has 0 saturated carbocycles. The van der Waals surface area contributed by atoms with Gasteiger partial charge in [0.2, 0.25) is 0 Å². The second kappa shape index (κ2) is 16.4. The third kappa shape index (κ3) is 12.0. The lowest BCUT2D eigenvalue weighted by molar-refractivity contribution is -0.159. The molecule has 32 heavy (non-hydrogen) atoms. The minimum Gasteiger partial charge on any atom is -0.462 e. The summed E-state index contributed by atoms with van der Waals surface area (Å²) in [5.74, 6) is -1.02. The molecule has 0 bridgehead atoms. The third-order valence-corrected chi connectivity index (χ3v) is 5.23. The lowest BCUT2D eigenvalue weighted by Gasteiger charge is -2.14. The van der Waals surface area contributed by atoms with Crippen molar-refractivity contribution in [3.8, 4) is 0 Å². The van der Waals surface area contributed by atoms with Gasteiger partial charge in [0, 0.05) is 19.3 Å². The van der Waals surface area contributed by atoms with Gasteiger partial charge < -0.3 is 19.7 Å². The van der Waals surface area contributed by atoms with Crippen molar-refractivity contribution in [1.82, 2.24) is 0 Å². The number of rotatable bonds is 16. The van der Waals surface area contributed by atoms with Gasteiger partial charge in [-0.15, -0.1) is 0 Å². The lowest BCUT2D eigenvalue weighted by atomic mass is 9.90. The number of aliphatic hydroxyl groups excluding tert-OH is 2. The van der Waals surface area contributed by atoms with Crippen LogP contribution in [0.4, 0.5) is 0 Å². The van der Waals surface area contributed by atoms with Crippen molar-refractivity contribution in [2.75, 3.05) is 13.2 Å². The van der Waals surface area contributed by atoms with Crippen molar-refractivity contribution in [3.63, 3.8) is 0 Å². The molecule has 7 nitrogen and oxygen atoms in total. The molecule has 2 N–H and O–H groups in total. The van der Waals surface area contributed by atoms with Gasteiger partial charge in [-0.3, -0.25) is 14.4 Å². The van der Waals surface area contributed by atoms with Crippen molar-refractivity contribution in [2.45, 2.75) is 77.4 Å². The summed E-state index contributed by atoms with van der Waals surface area (Å²) in [6, 6.07) is 0. The van der Waals surface area contributed by atoms with Crippen molar-refractivity contribution in [1.29, 1.82) is 0 Å². The molecule has 0 aromatic rings. The highest BCUT2D eigenvalue weighted by molar-refractivity contribution is 5.95. The number of aliphatic hydroxyl groups is 2. The molecule has 1 aliphatic carbocycles. The number of ether oxygens (including phenoxy) is 2. The highest BCUT2D eigenvalue weighted by Crippen LogP contribution is 2.27. The number of esters is 2. The monoisotopic (exact) mass is 450 g/mol. The fourth-order valence-electron chi connectivity index (χ4n) is 3.42. The fourth-order valence-corrected chi connectivity index (χ4v) is 3.42. The molecule has 0 aliphatic heterocycles. The van der Waals surface area contributed by atoms with Crippen molar-refractivity contribution in [3.05, 3.63) is 36.5 Å². The minimum absolute atomic E-state index is 0.0677. The Morgan fingerprint density at radius 2 is 2.00 bits per heavy atom. The summed E-state index contributed by atoms with van der Waals surface area (Å²) >= 11 is 0. The zero-order valence-electron chi connectivity index (χ0n) is 19.3. The van der Waals surface area contributed by atoms with Gasteiger partial charge in [0.25, 0.3) is 0 Å². The van der Waals surface area contributed by atoms with Gasteiger partial charge in [-0.05, 0) is 37.7 Å². The average Bonchev–Trinajstić information content (AvgIpc) is 3.11. The van der Waals surface area contributed by atoms with Crippen LogP contribution in [0.1, 0.15) is 65.2 Å². The topological polar surface area (TPSA) is 110 Å². The van der Waals surface area contributed by atoms with Crippen LogP contribution in [0.5, 0.6) is 0 Å². The normalized spacial score (nSPS) is 20.2. The van der Waals surface area contributed by atoms with E-state index in [9.17, 15) is 19.5 Å². The maximum Gasteiger partial charge on any atom is 0.305 e. The van der Waals surface area contributed by atoms with Crippen LogP contribution in [0.15, 0.2) is 36.5 Å². The molecule has 4 atom stereocenters. The highest BCUT2D eigenvalue weighted by Gasteiger charge is 2.26. The Kier molecular flexibility index (Phi) is 14.2. The van der Waals surface area contributed by atoms with Crippen LogP contribution in [-0.4, -0.2) is 53.4 Å². The fraction of sp³-hybridized carbons (Fsp3) is 0.640. The Bertz CT molecular complexity index is 665. The third-order valence-electron chi connectivity index (χ3n) is 5.23. The van der Waals surface area contributed by atoms with Gasteiger partial charge in [0.1, 0.15) is 6.61 Å². The first kappa shape index (κ1) is 27.8. The predicted octanol–water partition coefficient (Wildman–Crippen LogP) is 3.44. The Morgan fingerprint density at radius 1 is 1.22 bits per heavy atom. The molecule has 0 amide bonds. The number of hydrogen-bond acceptors (Lipinski definition) is 7. The van der Waals surface area contributed by atoms with Gasteiger partial charge >= 0.3 is 11.9 Å². The maximum absolute atomic E-state index is 12.1. The Morgan fingerprint density at radius 3 is 2.69 bits per heavy atom. The van der Waals surface area contributed by atoms with Gasteiger partial charge in [-0.1, -0.05) is 56.6 Å². The van der Waals surface area contributed by atoms with E-state index in [1.54, 1.807) is 12.2 Å². The lowest BCUT2D eigenvalue weighted by Crippen LogP contribution is -2.27. The van der Waals surface area contributed by atoms with E-state index in [0.29, 0.717) is 19.3 Å². The summed E-state index contributed by atoms with van der Waals surface area (Å²) in [6.45, 7) is 2.79. The van der Waals surface area contributed by atoms with Gasteiger partial charge in [0.15, 0.2) is 11.9 Å². The predicted molar refractivity (Wildman–Crippen MR) is 122 cm³/mol. The molecule has 0 unspecified atom stereocenters. The molecular formula is C25H38O7. The standard InChI is InChI=1S/C25H38O7/c1-3-4-7-11-21(28)14-15-23-20(13-16-24(23)29)10-8-5-6-9-12-25(30)31-18-22(17-26)32-19(2)27/h5,8,13-16,20-23,26,28H,3-4,6-7,9-12,17-18H2,1-2H3/b8-5-,15-14+/t20-,21-,22-,23+/m0/s1. The molecule has 0 aromatic heterocycles. The smallest absolute Gasteiger partial charge is 0.305 e. The first-order valence-corrected chi connectivity index (χ1v) is 11.5. The Labute approximate surface area is 191 Å². The molecule has 7 heteroatoms. The molecule has 1 rings (SSSR count). The van der Waals surface area contributed by atoms with Crippen molar-refractivity contribution >= 4 is 17.7 Å². The van der Waals surface area contributed by atoms with E-state index in [4.69, 9.17) is 14.6 Å². The second-order valence-electron chi connectivity index (χ2n) is 8.10. The molecule has 0 saturated heterocycles. The minimum atomic E-state index is -0.835. The SMILES string of the molecule is CCCCC[C@H](O)/C=C/[C@H]1C(=O)C=C[C@@H]1C/C=C\CCCC(=O)OC[C@H](CO)OC(C)=O. The van der Waals surface area contributed by atoms with Crippen LogP contribution in [-0.2, 0) is 23.9 Å². The van der Waals surface area contributed by atoms with E-state index in [-0.39, 0.29) is 30.6 Å². The zero-order chi connectivity index (χ0) is 23.8. The summed E-state index contributed by atoms with van der Waals surface area (Å²) in [5.41, 5.74) is 0. The van der Waals surface area contributed by atoms with Gasteiger partial charge in [-0.25, -0.2) is 0 Å². The van der Waals surface area contributed by atoms with Crippen LogP contribution in [0.25, 0.3) is 0 Å². The summed E-state index contributed by atoms with van der Waals surface area (Å²) in [7, 11) is 0. The van der Waals surface area contributed by atoms with E-state index >= 15 is 0 Å². The number of allylic oxidation sites excluding steroid dienone is 5. The van der Waals surface area contributed by atoms with Crippen LogP contribution < -0.4 is 0 Å². The molecule has 0 spiro atoms. The molecule has 0 radical (unpaired) electrons. The second-order valence-corrected chi connectivity index (χ2v) is 8.10. The van der Waals surface area contributed by atoms with Crippen molar-refractivity contribution in [2.24, 2.45) is 11.8 Å². The van der Waals surface area contributed by atoms with Gasteiger partial charge in [-0.2, -0.15) is 0 Å². The number of carbonyl (C=O) groups excluding carboxylic acids is 3.